The van der Waals surface area contributed by atoms with Crippen molar-refractivity contribution in [1.29, 1.82) is 0 Å². The van der Waals surface area contributed by atoms with E-state index in [1.807, 2.05) is 23.6 Å². The molecule has 0 bridgehead atoms. The maximum Gasteiger partial charge on any atom is 0.286 e. The van der Waals surface area contributed by atoms with Crippen LogP contribution in [0.2, 0.25) is 0 Å². The number of amides is 1. The minimum atomic E-state index is -0.327. The highest BCUT2D eigenvalue weighted by Crippen LogP contribution is 2.22. The molecule has 3 rings (SSSR count). The summed E-state index contributed by atoms with van der Waals surface area (Å²) in [4.78, 5) is 17.3. The molecule has 0 saturated heterocycles. The number of aryl methyl sites for hydroxylation is 2. The smallest absolute Gasteiger partial charge is 0.286 e. The van der Waals surface area contributed by atoms with Crippen LogP contribution in [0.5, 0.6) is 11.5 Å². The van der Waals surface area contributed by atoms with Crippen molar-refractivity contribution in [3.8, 4) is 11.5 Å². The van der Waals surface area contributed by atoms with E-state index >= 15 is 0 Å². The lowest BCUT2D eigenvalue weighted by molar-refractivity contribution is -0.120. The number of rotatable bonds is 7. The molecular weight excluding hydrogens is 372 g/mol. The molecule has 5 nitrogen and oxygen atoms in total. The number of carbonyl (C=O) groups is 1. The number of hydrogen-bond donors (Lipinski definition) is 0. The largest absolute Gasteiger partial charge is 0.494 e. The first-order valence-corrected chi connectivity index (χ1v) is 9.98. The van der Waals surface area contributed by atoms with Crippen molar-refractivity contribution in [2.75, 3.05) is 13.2 Å². The summed E-state index contributed by atoms with van der Waals surface area (Å²) in [6.45, 7) is 11.0. The first-order chi connectivity index (χ1) is 13.5. The molecule has 0 radical (unpaired) electrons. The van der Waals surface area contributed by atoms with Crippen LogP contribution in [-0.4, -0.2) is 23.7 Å². The molecule has 1 aromatic heterocycles. The lowest BCUT2D eigenvalue weighted by Gasteiger charge is -2.06. The van der Waals surface area contributed by atoms with Crippen molar-refractivity contribution in [2.45, 2.75) is 27.3 Å². The second-order valence-electron chi connectivity index (χ2n) is 6.39. The molecule has 0 atom stereocenters. The molecule has 146 valence electrons. The molecule has 0 spiro atoms. The fraction of sp³-hybridized carbons (Fsp3) is 0.273. The molecule has 3 aromatic rings. The molecule has 1 heterocycles. The number of carbonyl (C=O) groups excluding carboxylic acids is 1. The summed E-state index contributed by atoms with van der Waals surface area (Å²) in [6, 6.07) is 11.5. The lowest BCUT2D eigenvalue weighted by Crippen LogP contribution is -2.19. The van der Waals surface area contributed by atoms with Gasteiger partial charge in [-0.2, -0.15) is 4.99 Å². The number of ether oxygens (including phenoxy) is 2. The Hall–Kier alpha value is -2.86. The van der Waals surface area contributed by atoms with Crippen LogP contribution >= 0.6 is 11.3 Å². The molecule has 0 saturated carbocycles. The quantitative estimate of drug-likeness (QED) is 0.556. The van der Waals surface area contributed by atoms with Crippen molar-refractivity contribution in [3.05, 3.63) is 65.0 Å². The minimum Gasteiger partial charge on any atom is -0.494 e. The Morgan fingerprint density at radius 1 is 1.14 bits per heavy atom. The van der Waals surface area contributed by atoms with E-state index in [1.165, 1.54) is 22.5 Å². The van der Waals surface area contributed by atoms with Crippen LogP contribution in [0.3, 0.4) is 0 Å². The first-order valence-electron chi connectivity index (χ1n) is 9.16. The van der Waals surface area contributed by atoms with Crippen LogP contribution in [-0.2, 0) is 11.3 Å². The highest BCUT2D eigenvalue weighted by atomic mass is 32.1. The van der Waals surface area contributed by atoms with Gasteiger partial charge in [0.05, 0.1) is 16.8 Å². The van der Waals surface area contributed by atoms with Crippen LogP contribution in [0.1, 0.15) is 18.1 Å². The number of thiazole rings is 1. The molecule has 0 aliphatic heterocycles. The molecule has 28 heavy (non-hydrogen) atoms. The monoisotopic (exact) mass is 396 g/mol. The normalized spacial score (nSPS) is 11.6. The minimum absolute atomic E-state index is 0.117. The number of nitrogens with zero attached hydrogens (tertiary/aromatic N) is 2. The summed E-state index contributed by atoms with van der Waals surface area (Å²) in [5.74, 6) is 1.05. The summed E-state index contributed by atoms with van der Waals surface area (Å²) in [7, 11) is 0. The fourth-order valence-corrected chi connectivity index (χ4v) is 3.93. The third-order valence-corrected chi connectivity index (χ3v) is 5.37. The predicted octanol–water partition coefficient (Wildman–Crippen LogP) is 4.41. The number of benzene rings is 2. The zero-order valence-corrected chi connectivity index (χ0v) is 17.2. The van der Waals surface area contributed by atoms with Gasteiger partial charge in [-0.1, -0.05) is 17.4 Å². The molecule has 1 amide bonds. The Balaban J connectivity index is 1.81. The molecule has 6 heteroatoms. The van der Waals surface area contributed by atoms with E-state index in [4.69, 9.17) is 9.47 Å². The van der Waals surface area contributed by atoms with E-state index in [-0.39, 0.29) is 12.5 Å². The molecule has 0 aliphatic rings. The van der Waals surface area contributed by atoms with E-state index in [1.54, 1.807) is 18.2 Å². The summed E-state index contributed by atoms with van der Waals surface area (Å²) in [5, 5.41) is 0. The van der Waals surface area contributed by atoms with Crippen molar-refractivity contribution >= 4 is 27.5 Å². The van der Waals surface area contributed by atoms with Gasteiger partial charge in [-0.05, 0) is 68.3 Å². The van der Waals surface area contributed by atoms with Gasteiger partial charge in [-0.25, -0.2) is 0 Å². The topological polar surface area (TPSA) is 52.8 Å². The van der Waals surface area contributed by atoms with Crippen molar-refractivity contribution in [1.82, 2.24) is 4.57 Å². The average molecular weight is 397 g/mol. The number of allylic oxidation sites excluding steroid dienone is 1. The number of fused-ring (bicyclic) bond motifs is 1. The van der Waals surface area contributed by atoms with Crippen LogP contribution in [0, 0.1) is 13.8 Å². The molecule has 0 unspecified atom stereocenters. The summed E-state index contributed by atoms with van der Waals surface area (Å²) in [5.41, 5.74) is 3.49. The van der Waals surface area contributed by atoms with Gasteiger partial charge in [0.1, 0.15) is 11.5 Å². The molecular formula is C22H24N2O3S. The molecule has 0 fully saturated rings. The standard InChI is InChI=1S/C22H24N2O3S/c1-5-11-24-19-12-15(3)16(4)13-20(19)28-22(24)23-21(25)14-27-18-9-7-17(8-10-18)26-6-2/h5,7-10,12-13H,1,6,11,14H2,2-4H3. The van der Waals surface area contributed by atoms with E-state index in [0.717, 1.165) is 16.0 Å². The van der Waals surface area contributed by atoms with Crippen molar-refractivity contribution < 1.29 is 14.3 Å². The number of aromatic nitrogens is 1. The van der Waals surface area contributed by atoms with E-state index in [0.29, 0.717) is 23.7 Å². The summed E-state index contributed by atoms with van der Waals surface area (Å²) < 4.78 is 14.1. The molecule has 0 N–H and O–H groups in total. The van der Waals surface area contributed by atoms with E-state index in [9.17, 15) is 4.79 Å². The SMILES string of the molecule is C=CCn1c(=NC(=O)COc2ccc(OCC)cc2)sc2cc(C)c(C)cc21. The zero-order chi connectivity index (χ0) is 20.1. The lowest BCUT2D eigenvalue weighted by atomic mass is 10.1. The number of hydrogen-bond acceptors (Lipinski definition) is 4. The molecule has 0 aliphatic carbocycles. The summed E-state index contributed by atoms with van der Waals surface area (Å²) >= 11 is 1.50. The van der Waals surface area contributed by atoms with Crippen LogP contribution in [0.15, 0.2) is 54.0 Å². The van der Waals surface area contributed by atoms with Crippen molar-refractivity contribution in [2.24, 2.45) is 4.99 Å². The Morgan fingerprint density at radius 3 is 2.43 bits per heavy atom. The van der Waals surface area contributed by atoms with Gasteiger partial charge < -0.3 is 14.0 Å². The Morgan fingerprint density at radius 2 is 1.79 bits per heavy atom. The fourth-order valence-electron chi connectivity index (χ4n) is 2.80. The third-order valence-electron chi connectivity index (χ3n) is 4.33. The Labute approximate surface area is 168 Å². The summed E-state index contributed by atoms with van der Waals surface area (Å²) in [6.07, 6.45) is 1.81. The zero-order valence-electron chi connectivity index (χ0n) is 16.4. The van der Waals surface area contributed by atoms with Crippen LogP contribution in [0.4, 0.5) is 0 Å². The Bertz CT molecular complexity index is 1060. The van der Waals surface area contributed by atoms with Crippen molar-refractivity contribution in [3.63, 3.8) is 0 Å². The highest BCUT2D eigenvalue weighted by Gasteiger charge is 2.09. The predicted molar refractivity (Wildman–Crippen MR) is 113 cm³/mol. The van der Waals surface area contributed by atoms with Crippen LogP contribution < -0.4 is 14.3 Å². The highest BCUT2D eigenvalue weighted by molar-refractivity contribution is 7.16. The van der Waals surface area contributed by atoms with E-state index in [2.05, 4.69) is 37.6 Å². The van der Waals surface area contributed by atoms with Gasteiger partial charge in [0.2, 0.25) is 0 Å². The maximum atomic E-state index is 12.4. The van der Waals surface area contributed by atoms with E-state index < -0.39 is 0 Å². The Kier molecular flexibility index (Phi) is 6.31. The third kappa shape index (κ3) is 4.51. The first kappa shape index (κ1) is 19.9. The maximum absolute atomic E-state index is 12.4. The van der Waals surface area contributed by atoms with Gasteiger partial charge in [-0.3, -0.25) is 4.79 Å². The average Bonchev–Trinajstić information content (AvgIpc) is 2.98. The van der Waals surface area contributed by atoms with Gasteiger partial charge in [0.15, 0.2) is 11.4 Å². The van der Waals surface area contributed by atoms with Gasteiger partial charge >= 0.3 is 0 Å². The second kappa shape index (κ2) is 8.89. The molecule has 2 aromatic carbocycles. The van der Waals surface area contributed by atoms with Crippen LogP contribution in [0.25, 0.3) is 10.2 Å². The second-order valence-corrected chi connectivity index (χ2v) is 7.40. The van der Waals surface area contributed by atoms with Gasteiger partial charge in [-0.15, -0.1) is 6.58 Å². The van der Waals surface area contributed by atoms with Gasteiger partial charge in [0, 0.05) is 6.54 Å². The van der Waals surface area contributed by atoms with Gasteiger partial charge in [0.25, 0.3) is 5.91 Å².